The number of hydrogen-bond acceptors (Lipinski definition) is 4. The van der Waals surface area contributed by atoms with E-state index in [1.807, 2.05) is 12.1 Å². The first kappa shape index (κ1) is 11.4. The molecule has 0 radical (unpaired) electrons. The van der Waals surface area contributed by atoms with Gasteiger partial charge in [0.15, 0.2) is 0 Å². The molecule has 4 nitrogen and oxygen atoms in total. The van der Waals surface area contributed by atoms with E-state index in [2.05, 4.69) is 17.2 Å². The Morgan fingerprint density at radius 1 is 1.69 bits per heavy atom. The summed E-state index contributed by atoms with van der Waals surface area (Å²) >= 11 is 0. The van der Waals surface area contributed by atoms with Crippen molar-refractivity contribution in [3.05, 3.63) is 24.0 Å². The maximum atomic E-state index is 5.83. The van der Waals surface area contributed by atoms with E-state index in [9.17, 15) is 0 Å². The van der Waals surface area contributed by atoms with Gasteiger partial charge in [-0.05, 0) is 31.4 Å². The Morgan fingerprint density at radius 3 is 3.25 bits per heavy atom. The molecule has 2 unspecified atom stereocenters. The Hall–Kier alpha value is -1.13. The van der Waals surface area contributed by atoms with Gasteiger partial charge in [0.2, 0.25) is 0 Å². The second-order valence-electron chi connectivity index (χ2n) is 4.33. The number of aromatic nitrogens is 1. The molecule has 0 amide bonds. The first-order valence-corrected chi connectivity index (χ1v) is 5.78. The van der Waals surface area contributed by atoms with Crippen LogP contribution in [0.1, 0.15) is 19.0 Å². The number of hydrogen-bond donors (Lipinski definition) is 2. The number of pyridine rings is 1. The molecule has 2 atom stereocenters. The van der Waals surface area contributed by atoms with Crippen molar-refractivity contribution in [1.82, 2.24) is 10.3 Å². The molecule has 1 aromatic rings. The van der Waals surface area contributed by atoms with E-state index >= 15 is 0 Å². The molecule has 1 fully saturated rings. The van der Waals surface area contributed by atoms with E-state index in [4.69, 9.17) is 10.5 Å². The van der Waals surface area contributed by atoms with Crippen molar-refractivity contribution in [3.63, 3.8) is 0 Å². The standard InChI is InChI=1S/C12H19N3O/c1-9(10-4-6-16-8-10)15-7-12-11(13)3-2-5-14-12/h2-3,5,9-10,15H,4,6-8,13H2,1H3. The highest BCUT2D eigenvalue weighted by Crippen LogP contribution is 2.17. The van der Waals surface area contributed by atoms with Crippen molar-refractivity contribution in [2.75, 3.05) is 18.9 Å². The zero-order valence-electron chi connectivity index (χ0n) is 9.65. The fourth-order valence-corrected chi connectivity index (χ4v) is 1.97. The molecule has 3 N–H and O–H groups in total. The lowest BCUT2D eigenvalue weighted by atomic mass is 10.0. The molecule has 0 aliphatic carbocycles. The zero-order valence-corrected chi connectivity index (χ0v) is 9.65. The molecule has 1 aliphatic rings. The van der Waals surface area contributed by atoms with E-state index in [0.717, 1.165) is 37.6 Å². The van der Waals surface area contributed by atoms with E-state index in [1.165, 1.54) is 0 Å². The van der Waals surface area contributed by atoms with Crippen LogP contribution >= 0.6 is 0 Å². The van der Waals surface area contributed by atoms with Gasteiger partial charge in [0, 0.05) is 25.4 Å². The van der Waals surface area contributed by atoms with Gasteiger partial charge in [-0.1, -0.05) is 0 Å². The molecule has 1 aromatic heterocycles. The summed E-state index contributed by atoms with van der Waals surface area (Å²) in [5.41, 5.74) is 7.51. The predicted molar refractivity (Wildman–Crippen MR) is 63.9 cm³/mol. The monoisotopic (exact) mass is 221 g/mol. The third-order valence-corrected chi connectivity index (χ3v) is 3.19. The lowest BCUT2D eigenvalue weighted by Gasteiger charge is -2.19. The summed E-state index contributed by atoms with van der Waals surface area (Å²) in [5.74, 6) is 0.616. The number of ether oxygens (including phenoxy) is 1. The third-order valence-electron chi connectivity index (χ3n) is 3.19. The average molecular weight is 221 g/mol. The van der Waals surface area contributed by atoms with E-state index in [0.29, 0.717) is 12.0 Å². The van der Waals surface area contributed by atoms with E-state index in [1.54, 1.807) is 6.20 Å². The quantitative estimate of drug-likeness (QED) is 0.801. The van der Waals surface area contributed by atoms with Gasteiger partial charge in [0.1, 0.15) is 0 Å². The van der Waals surface area contributed by atoms with Crippen LogP contribution in [0.15, 0.2) is 18.3 Å². The van der Waals surface area contributed by atoms with Crippen LogP contribution in [-0.4, -0.2) is 24.2 Å². The molecular formula is C12H19N3O. The fourth-order valence-electron chi connectivity index (χ4n) is 1.97. The van der Waals surface area contributed by atoms with Crippen LogP contribution in [0.4, 0.5) is 5.69 Å². The maximum absolute atomic E-state index is 5.83. The van der Waals surface area contributed by atoms with Gasteiger partial charge < -0.3 is 15.8 Å². The summed E-state index contributed by atoms with van der Waals surface area (Å²) in [6.07, 6.45) is 2.92. The van der Waals surface area contributed by atoms with Gasteiger partial charge in [-0.25, -0.2) is 0 Å². The number of nitrogens with two attached hydrogens (primary N) is 1. The summed E-state index contributed by atoms with van der Waals surface area (Å²) in [6.45, 7) is 4.68. The molecule has 88 valence electrons. The van der Waals surface area contributed by atoms with Gasteiger partial charge in [-0.15, -0.1) is 0 Å². The maximum Gasteiger partial charge on any atom is 0.0770 e. The van der Waals surface area contributed by atoms with Crippen molar-refractivity contribution >= 4 is 5.69 Å². The Kier molecular flexibility index (Phi) is 3.74. The summed E-state index contributed by atoms with van der Waals surface area (Å²) in [4.78, 5) is 4.26. The molecule has 4 heteroatoms. The van der Waals surface area contributed by atoms with Crippen molar-refractivity contribution in [1.29, 1.82) is 0 Å². The van der Waals surface area contributed by atoms with Gasteiger partial charge >= 0.3 is 0 Å². The molecule has 2 heterocycles. The topological polar surface area (TPSA) is 60.2 Å². The summed E-state index contributed by atoms with van der Waals surface area (Å²) in [6, 6.07) is 4.18. The van der Waals surface area contributed by atoms with Crippen molar-refractivity contribution in [2.45, 2.75) is 25.9 Å². The van der Waals surface area contributed by atoms with Crippen molar-refractivity contribution in [3.8, 4) is 0 Å². The molecule has 1 aliphatic heterocycles. The SMILES string of the molecule is CC(NCc1ncccc1N)C1CCOC1. The van der Waals surface area contributed by atoms with Crippen molar-refractivity contribution < 1.29 is 4.74 Å². The molecule has 2 rings (SSSR count). The van der Waals surface area contributed by atoms with Crippen LogP contribution in [0.25, 0.3) is 0 Å². The molecule has 0 aromatic carbocycles. The first-order chi connectivity index (χ1) is 7.77. The van der Waals surface area contributed by atoms with Gasteiger partial charge in [-0.3, -0.25) is 4.98 Å². The second kappa shape index (κ2) is 5.27. The van der Waals surface area contributed by atoms with Crippen LogP contribution in [-0.2, 0) is 11.3 Å². The fraction of sp³-hybridized carbons (Fsp3) is 0.583. The van der Waals surface area contributed by atoms with Crippen LogP contribution in [0.3, 0.4) is 0 Å². The molecular weight excluding hydrogens is 202 g/mol. The zero-order chi connectivity index (χ0) is 11.4. The minimum Gasteiger partial charge on any atom is -0.397 e. The smallest absolute Gasteiger partial charge is 0.0770 e. The van der Waals surface area contributed by atoms with Crippen LogP contribution in [0.2, 0.25) is 0 Å². The van der Waals surface area contributed by atoms with E-state index in [-0.39, 0.29) is 0 Å². The van der Waals surface area contributed by atoms with Crippen LogP contribution < -0.4 is 11.1 Å². The highest BCUT2D eigenvalue weighted by Gasteiger charge is 2.21. The summed E-state index contributed by atoms with van der Waals surface area (Å²) < 4.78 is 5.37. The molecule has 1 saturated heterocycles. The minimum absolute atomic E-state index is 0.448. The largest absolute Gasteiger partial charge is 0.397 e. The predicted octanol–water partition coefficient (Wildman–Crippen LogP) is 1.18. The summed E-state index contributed by atoms with van der Waals surface area (Å²) in [5, 5.41) is 3.46. The molecule has 0 saturated carbocycles. The highest BCUT2D eigenvalue weighted by atomic mass is 16.5. The first-order valence-electron chi connectivity index (χ1n) is 5.78. The number of nitrogen functional groups attached to an aromatic ring is 1. The average Bonchev–Trinajstić information content (AvgIpc) is 2.81. The number of anilines is 1. The van der Waals surface area contributed by atoms with Crippen LogP contribution in [0.5, 0.6) is 0 Å². The van der Waals surface area contributed by atoms with E-state index < -0.39 is 0 Å². The van der Waals surface area contributed by atoms with Crippen LogP contribution in [0, 0.1) is 5.92 Å². The Labute approximate surface area is 96.2 Å². The van der Waals surface area contributed by atoms with Gasteiger partial charge in [-0.2, -0.15) is 0 Å². The van der Waals surface area contributed by atoms with Crippen molar-refractivity contribution in [2.24, 2.45) is 5.92 Å². The molecule has 0 spiro atoms. The number of nitrogens with one attached hydrogen (secondary N) is 1. The lowest BCUT2D eigenvalue weighted by Crippen LogP contribution is -2.33. The molecule has 16 heavy (non-hydrogen) atoms. The molecule has 0 bridgehead atoms. The minimum atomic E-state index is 0.448. The Balaban J connectivity index is 1.84. The normalized spacial score (nSPS) is 22.2. The lowest BCUT2D eigenvalue weighted by molar-refractivity contribution is 0.178. The van der Waals surface area contributed by atoms with Gasteiger partial charge in [0.05, 0.1) is 18.0 Å². The Bertz CT molecular complexity index is 337. The highest BCUT2D eigenvalue weighted by molar-refractivity contribution is 5.41. The number of nitrogens with zero attached hydrogens (tertiary/aromatic N) is 1. The Morgan fingerprint density at radius 2 is 2.56 bits per heavy atom. The van der Waals surface area contributed by atoms with Gasteiger partial charge in [0.25, 0.3) is 0 Å². The third kappa shape index (κ3) is 2.71. The summed E-state index contributed by atoms with van der Waals surface area (Å²) in [7, 11) is 0. The second-order valence-corrected chi connectivity index (χ2v) is 4.33. The number of rotatable bonds is 4.